The number of hydrogen-bond donors (Lipinski definition) is 2. The van der Waals surface area contributed by atoms with Crippen LogP contribution in [0.3, 0.4) is 0 Å². The van der Waals surface area contributed by atoms with E-state index in [-0.39, 0.29) is 41.2 Å². The van der Waals surface area contributed by atoms with E-state index in [1.165, 1.54) is 0 Å². The van der Waals surface area contributed by atoms with Crippen LogP contribution in [0.25, 0.3) is 0 Å². The highest BCUT2D eigenvalue weighted by atomic mass is 127. The third kappa shape index (κ3) is 6.90. The van der Waals surface area contributed by atoms with Crippen molar-refractivity contribution >= 4 is 39.8 Å². The van der Waals surface area contributed by atoms with E-state index >= 15 is 0 Å². The largest absolute Gasteiger partial charge is 0.393 e. The Morgan fingerprint density at radius 3 is 2.26 bits per heavy atom. The molecule has 0 saturated carbocycles. The van der Waals surface area contributed by atoms with Gasteiger partial charge in [-0.05, 0) is 36.0 Å². The third-order valence-corrected chi connectivity index (χ3v) is 6.44. The van der Waals surface area contributed by atoms with Crippen LogP contribution in [0.4, 0.5) is 0 Å². The maximum atomic E-state index is 12.6. The molecule has 27 heavy (non-hydrogen) atoms. The number of likely N-dealkylation sites (tertiary alicyclic amines) is 1. The van der Waals surface area contributed by atoms with Gasteiger partial charge in [-0.2, -0.15) is 0 Å². The minimum atomic E-state index is -3.34. The van der Waals surface area contributed by atoms with Crippen molar-refractivity contribution in [3.8, 4) is 0 Å². The second kappa shape index (κ2) is 10.1. The number of nitrogens with zero attached hydrogens (tertiary/aromatic N) is 2. The molecule has 0 aliphatic carbocycles. The standard InChI is InChI=1S/C19H31N3O3S.HI/c1-19(2,3)15-5-7-17(8-6-15)26(24,25)14-11-21-18(20-4)22-12-9-16(23)10-13-22;/h5-8,16,23H,9-14H2,1-4H3,(H,20,21);1H. The number of piperidine rings is 1. The highest BCUT2D eigenvalue weighted by Crippen LogP contribution is 2.23. The van der Waals surface area contributed by atoms with Crippen LogP contribution in [0.15, 0.2) is 34.2 Å². The number of hydrogen-bond acceptors (Lipinski definition) is 4. The lowest BCUT2D eigenvalue weighted by molar-refractivity contribution is 0.108. The molecule has 2 N–H and O–H groups in total. The van der Waals surface area contributed by atoms with Gasteiger partial charge in [0.2, 0.25) is 0 Å². The predicted octanol–water partition coefficient (Wildman–Crippen LogP) is 2.41. The topological polar surface area (TPSA) is 82.0 Å². The Labute approximate surface area is 180 Å². The fraction of sp³-hybridized carbons (Fsp3) is 0.632. The SMILES string of the molecule is CN=C(NCCS(=O)(=O)c1ccc(C(C)(C)C)cc1)N1CCC(O)CC1.I. The predicted molar refractivity (Wildman–Crippen MR) is 121 cm³/mol. The molecule has 0 bridgehead atoms. The van der Waals surface area contributed by atoms with Gasteiger partial charge in [0.15, 0.2) is 15.8 Å². The van der Waals surface area contributed by atoms with Crippen molar-refractivity contribution in [2.24, 2.45) is 4.99 Å². The van der Waals surface area contributed by atoms with Gasteiger partial charge < -0.3 is 15.3 Å². The van der Waals surface area contributed by atoms with Crippen molar-refractivity contribution in [1.29, 1.82) is 0 Å². The number of benzene rings is 1. The fourth-order valence-corrected chi connectivity index (χ4v) is 4.14. The molecule has 8 heteroatoms. The molecule has 6 nitrogen and oxygen atoms in total. The molecule has 1 aromatic carbocycles. The summed E-state index contributed by atoms with van der Waals surface area (Å²) < 4.78 is 25.1. The number of sulfone groups is 1. The molecule has 0 atom stereocenters. The number of nitrogens with one attached hydrogen (secondary N) is 1. The Bertz CT molecular complexity index is 720. The zero-order valence-electron chi connectivity index (χ0n) is 16.6. The number of aliphatic imine (C=N–C) groups is 1. The summed E-state index contributed by atoms with van der Waals surface area (Å²) in [5.74, 6) is 0.701. The van der Waals surface area contributed by atoms with Gasteiger partial charge in [-0.1, -0.05) is 32.9 Å². The first kappa shape index (κ1) is 24.2. The van der Waals surface area contributed by atoms with Gasteiger partial charge in [-0.25, -0.2) is 8.42 Å². The first-order valence-electron chi connectivity index (χ1n) is 9.10. The second-order valence-electron chi connectivity index (χ2n) is 7.79. The summed E-state index contributed by atoms with van der Waals surface area (Å²) in [7, 11) is -1.65. The second-order valence-corrected chi connectivity index (χ2v) is 9.89. The maximum absolute atomic E-state index is 12.6. The molecule has 0 aromatic heterocycles. The molecule has 1 heterocycles. The number of rotatable bonds is 4. The molecule has 0 spiro atoms. The zero-order valence-corrected chi connectivity index (χ0v) is 19.8. The lowest BCUT2D eigenvalue weighted by Crippen LogP contribution is -2.47. The molecule has 154 valence electrons. The number of aliphatic hydroxyl groups is 1. The van der Waals surface area contributed by atoms with E-state index < -0.39 is 9.84 Å². The zero-order chi connectivity index (χ0) is 19.4. The summed E-state index contributed by atoms with van der Waals surface area (Å²) in [6.07, 6.45) is 1.17. The minimum Gasteiger partial charge on any atom is -0.393 e. The molecule has 0 unspecified atom stereocenters. The smallest absolute Gasteiger partial charge is 0.193 e. The molecule has 0 amide bonds. The first-order valence-corrected chi connectivity index (χ1v) is 10.8. The summed E-state index contributed by atoms with van der Waals surface area (Å²) in [5.41, 5.74) is 1.11. The molecule has 1 aliphatic rings. The fourth-order valence-electron chi connectivity index (χ4n) is 2.99. The van der Waals surface area contributed by atoms with Crippen LogP contribution in [-0.4, -0.2) is 62.9 Å². The molecule has 1 saturated heterocycles. The normalized spacial score (nSPS) is 16.8. The highest BCUT2D eigenvalue weighted by Gasteiger charge is 2.21. The number of guanidine groups is 1. The molecular weight excluding hydrogens is 477 g/mol. The third-order valence-electron chi connectivity index (χ3n) is 4.71. The van der Waals surface area contributed by atoms with E-state index in [4.69, 9.17) is 0 Å². The van der Waals surface area contributed by atoms with Gasteiger partial charge in [0.25, 0.3) is 0 Å². The van der Waals surface area contributed by atoms with E-state index in [1.54, 1.807) is 19.2 Å². The molecule has 0 radical (unpaired) electrons. The lowest BCUT2D eigenvalue weighted by atomic mass is 9.87. The van der Waals surface area contributed by atoms with Crippen molar-refractivity contribution in [3.63, 3.8) is 0 Å². The Kier molecular flexibility index (Phi) is 9.01. The molecule has 1 aromatic rings. The van der Waals surface area contributed by atoms with Gasteiger partial charge in [0.1, 0.15) is 0 Å². The summed E-state index contributed by atoms with van der Waals surface area (Å²) in [6.45, 7) is 8.06. The van der Waals surface area contributed by atoms with Crippen LogP contribution in [0, 0.1) is 0 Å². The van der Waals surface area contributed by atoms with Crippen LogP contribution in [0.2, 0.25) is 0 Å². The van der Waals surface area contributed by atoms with Crippen LogP contribution < -0.4 is 5.32 Å². The summed E-state index contributed by atoms with van der Waals surface area (Å²) in [5, 5.41) is 12.7. The van der Waals surface area contributed by atoms with E-state index in [9.17, 15) is 13.5 Å². The van der Waals surface area contributed by atoms with E-state index in [0.29, 0.717) is 30.2 Å². The first-order chi connectivity index (χ1) is 12.1. The molecular formula is C19H32IN3O3S. The molecule has 1 fully saturated rings. The van der Waals surface area contributed by atoms with Crippen molar-refractivity contribution < 1.29 is 13.5 Å². The Morgan fingerprint density at radius 2 is 1.78 bits per heavy atom. The van der Waals surface area contributed by atoms with Crippen LogP contribution >= 0.6 is 24.0 Å². The van der Waals surface area contributed by atoms with Crippen LogP contribution in [0.5, 0.6) is 0 Å². The molecule has 2 rings (SSSR count). The van der Waals surface area contributed by atoms with Crippen LogP contribution in [0.1, 0.15) is 39.2 Å². The van der Waals surface area contributed by atoms with Gasteiger partial charge in [0, 0.05) is 26.7 Å². The highest BCUT2D eigenvalue weighted by molar-refractivity contribution is 14.0. The van der Waals surface area contributed by atoms with Gasteiger partial charge in [-0.3, -0.25) is 4.99 Å². The Balaban J connectivity index is 0.00000364. The van der Waals surface area contributed by atoms with Gasteiger partial charge in [-0.15, -0.1) is 24.0 Å². The van der Waals surface area contributed by atoms with E-state index in [1.807, 2.05) is 12.1 Å². The lowest BCUT2D eigenvalue weighted by Gasteiger charge is -2.32. The van der Waals surface area contributed by atoms with E-state index in [2.05, 4.69) is 36.0 Å². The Morgan fingerprint density at radius 1 is 1.22 bits per heavy atom. The summed E-state index contributed by atoms with van der Waals surface area (Å²) in [4.78, 5) is 6.63. The van der Waals surface area contributed by atoms with Crippen molar-refractivity contribution in [2.45, 2.75) is 50.0 Å². The van der Waals surface area contributed by atoms with Crippen molar-refractivity contribution in [2.75, 3.05) is 32.4 Å². The quantitative estimate of drug-likeness (QED) is 0.370. The van der Waals surface area contributed by atoms with Crippen molar-refractivity contribution in [1.82, 2.24) is 10.2 Å². The van der Waals surface area contributed by atoms with Gasteiger partial charge >= 0.3 is 0 Å². The number of halogens is 1. The minimum absolute atomic E-state index is 0. The van der Waals surface area contributed by atoms with E-state index in [0.717, 1.165) is 18.7 Å². The summed E-state index contributed by atoms with van der Waals surface area (Å²) >= 11 is 0. The average Bonchev–Trinajstić information content (AvgIpc) is 2.59. The maximum Gasteiger partial charge on any atom is 0.193 e. The van der Waals surface area contributed by atoms with Crippen molar-refractivity contribution in [3.05, 3.63) is 29.8 Å². The average molecular weight is 509 g/mol. The monoisotopic (exact) mass is 509 g/mol. The van der Waals surface area contributed by atoms with Crippen LogP contribution in [-0.2, 0) is 15.3 Å². The summed E-state index contributed by atoms with van der Waals surface area (Å²) in [6, 6.07) is 7.16. The number of aliphatic hydroxyl groups excluding tert-OH is 1. The van der Waals surface area contributed by atoms with Gasteiger partial charge in [0.05, 0.1) is 16.8 Å². The Hall–Kier alpha value is -0.870. The molecule has 1 aliphatic heterocycles.